The Labute approximate surface area is 123 Å². The van der Waals surface area contributed by atoms with Crippen molar-refractivity contribution in [3.63, 3.8) is 0 Å². The van der Waals surface area contributed by atoms with E-state index in [0.29, 0.717) is 22.7 Å². The van der Waals surface area contributed by atoms with Crippen LogP contribution in [-0.4, -0.2) is 16.2 Å². The molecule has 0 aliphatic heterocycles. The predicted octanol–water partition coefficient (Wildman–Crippen LogP) is 3.45. The number of nitrogens with two attached hydrogens (primary N) is 1. The third kappa shape index (κ3) is 3.02. The van der Waals surface area contributed by atoms with Crippen LogP contribution in [0.5, 0.6) is 0 Å². The summed E-state index contributed by atoms with van der Waals surface area (Å²) in [5.74, 6) is 1.71. The first-order valence-electron chi connectivity index (χ1n) is 7.06. The molecule has 1 aromatic carbocycles. The molecule has 5 heteroatoms. The molecule has 3 rings (SSSR count). The summed E-state index contributed by atoms with van der Waals surface area (Å²) in [6.45, 7) is 0. The topological polar surface area (TPSA) is 64.9 Å². The molecule has 1 saturated carbocycles. The van der Waals surface area contributed by atoms with Crippen molar-refractivity contribution >= 4 is 11.6 Å². The smallest absolute Gasteiger partial charge is 0.227 e. The van der Waals surface area contributed by atoms with Gasteiger partial charge in [-0.05, 0) is 30.9 Å². The third-order valence-electron chi connectivity index (χ3n) is 3.96. The summed E-state index contributed by atoms with van der Waals surface area (Å²) in [5, 5.41) is 4.70. The summed E-state index contributed by atoms with van der Waals surface area (Å²) in [6.07, 6.45) is 5.49. The minimum absolute atomic E-state index is 0.255. The van der Waals surface area contributed by atoms with Gasteiger partial charge in [-0.15, -0.1) is 0 Å². The second-order valence-corrected chi connectivity index (χ2v) is 5.87. The number of benzene rings is 1. The van der Waals surface area contributed by atoms with Crippen molar-refractivity contribution in [1.29, 1.82) is 0 Å². The van der Waals surface area contributed by atoms with Gasteiger partial charge >= 0.3 is 0 Å². The van der Waals surface area contributed by atoms with E-state index in [4.69, 9.17) is 21.9 Å². The monoisotopic (exact) mass is 291 g/mol. The van der Waals surface area contributed by atoms with Gasteiger partial charge in [-0.1, -0.05) is 41.7 Å². The van der Waals surface area contributed by atoms with Gasteiger partial charge in [0.25, 0.3) is 0 Å². The molecule has 2 N–H and O–H groups in total. The Hall–Kier alpha value is -1.39. The lowest BCUT2D eigenvalue weighted by Crippen LogP contribution is -2.34. The van der Waals surface area contributed by atoms with Gasteiger partial charge in [0.1, 0.15) is 0 Å². The number of aromatic nitrogens is 2. The van der Waals surface area contributed by atoms with Gasteiger partial charge in [0.15, 0.2) is 0 Å². The van der Waals surface area contributed by atoms with Crippen molar-refractivity contribution in [1.82, 2.24) is 10.1 Å². The van der Waals surface area contributed by atoms with Crippen molar-refractivity contribution in [3.8, 4) is 11.4 Å². The molecule has 1 aromatic heterocycles. The van der Waals surface area contributed by atoms with Gasteiger partial charge in [0.05, 0.1) is 0 Å². The van der Waals surface area contributed by atoms with E-state index in [1.54, 1.807) is 0 Å². The average molecular weight is 292 g/mol. The van der Waals surface area contributed by atoms with Crippen LogP contribution >= 0.6 is 11.6 Å². The maximum Gasteiger partial charge on any atom is 0.227 e. The molecule has 1 aliphatic rings. The van der Waals surface area contributed by atoms with Gasteiger partial charge < -0.3 is 10.3 Å². The standard InChI is InChI=1S/C15H18ClN3O/c16-12-6-3-5-11(8-12)15-18-14(20-19-15)9-10-4-1-2-7-13(10)17/h3,5-6,8,10,13H,1-2,4,7,9,17H2. The third-order valence-corrected chi connectivity index (χ3v) is 4.19. The largest absolute Gasteiger partial charge is 0.339 e. The van der Waals surface area contributed by atoms with E-state index >= 15 is 0 Å². The van der Waals surface area contributed by atoms with Gasteiger partial charge in [-0.25, -0.2) is 0 Å². The highest BCUT2D eigenvalue weighted by Gasteiger charge is 2.24. The first-order chi connectivity index (χ1) is 9.72. The normalized spacial score (nSPS) is 22.9. The highest BCUT2D eigenvalue weighted by molar-refractivity contribution is 6.30. The van der Waals surface area contributed by atoms with Crippen molar-refractivity contribution in [2.45, 2.75) is 38.1 Å². The average Bonchev–Trinajstić information content (AvgIpc) is 2.90. The zero-order valence-electron chi connectivity index (χ0n) is 11.3. The Morgan fingerprint density at radius 3 is 2.95 bits per heavy atom. The fourth-order valence-electron chi connectivity index (χ4n) is 2.80. The Morgan fingerprint density at radius 1 is 1.30 bits per heavy atom. The van der Waals surface area contributed by atoms with E-state index in [2.05, 4.69) is 10.1 Å². The fourth-order valence-corrected chi connectivity index (χ4v) is 2.99. The summed E-state index contributed by atoms with van der Waals surface area (Å²) in [6, 6.07) is 7.72. The molecular formula is C15H18ClN3O. The molecule has 2 aromatic rings. The second-order valence-electron chi connectivity index (χ2n) is 5.43. The van der Waals surface area contributed by atoms with Gasteiger partial charge in [0.2, 0.25) is 11.7 Å². The molecule has 4 nitrogen and oxygen atoms in total. The number of nitrogens with zero attached hydrogens (tertiary/aromatic N) is 2. The van der Waals surface area contributed by atoms with E-state index in [1.165, 1.54) is 12.8 Å². The molecule has 0 radical (unpaired) electrons. The molecule has 20 heavy (non-hydrogen) atoms. The molecule has 0 saturated heterocycles. The van der Waals surface area contributed by atoms with Crippen molar-refractivity contribution in [3.05, 3.63) is 35.2 Å². The fraction of sp³-hybridized carbons (Fsp3) is 0.467. The van der Waals surface area contributed by atoms with Gasteiger partial charge in [0, 0.05) is 23.0 Å². The Morgan fingerprint density at radius 2 is 2.15 bits per heavy atom. The second kappa shape index (κ2) is 5.94. The zero-order chi connectivity index (χ0) is 13.9. The van der Waals surface area contributed by atoms with Crippen LogP contribution in [0.15, 0.2) is 28.8 Å². The van der Waals surface area contributed by atoms with E-state index in [0.717, 1.165) is 24.8 Å². The number of rotatable bonds is 3. The molecule has 0 amide bonds. The number of hydrogen-bond acceptors (Lipinski definition) is 4. The highest BCUT2D eigenvalue weighted by Crippen LogP contribution is 2.27. The Kier molecular flexibility index (Phi) is 4.03. The van der Waals surface area contributed by atoms with Crippen LogP contribution in [0.1, 0.15) is 31.6 Å². The molecule has 2 unspecified atom stereocenters. The minimum atomic E-state index is 0.255. The number of hydrogen-bond donors (Lipinski definition) is 1. The van der Waals surface area contributed by atoms with Gasteiger partial charge in [-0.3, -0.25) is 0 Å². The maximum atomic E-state index is 6.16. The molecule has 1 heterocycles. The van der Waals surface area contributed by atoms with E-state index in [1.807, 2.05) is 24.3 Å². The van der Waals surface area contributed by atoms with Crippen LogP contribution in [0.4, 0.5) is 0 Å². The molecule has 0 bridgehead atoms. The lowest BCUT2D eigenvalue weighted by Gasteiger charge is -2.27. The lowest BCUT2D eigenvalue weighted by molar-refractivity contribution is 0.273. The van der Waals surface area contributed by atoms with Gasteiger partial charge in [-0.2, -0.15) is 4.98 Å². The molecule has 2 atom stereocenters. The minimum Gasteiger partial charge on any atom is -0.339 e. The van der Waals surface area contributed by atoms with Crippen LogP contribution in [0.25, 0.3) is 11.4 Å². The van der Waals surface area contributed by atoms with E-state index in [-0.39, 0.29) is 6.04 Å². The van der Waals surface area contributed by atoms with E-state index in [9.17, 15) is 0 Å². The molecule has 0 spiro atoms. The summed E-state index contributed by atoms with van der Waals surface area (Å²) in [7, 11) is 0. The Balaban J connectivity index is 1.73. The zero-order valence-corrected chi connectivity index (χ0v) is 12.0. The summed E-state index contributed by atoms with van der Waals surface area (Å²) < 4.78 is 5.35. The van der Waals surface area contributed by atoms with Crippen LogP contribution in [0.3, 0.4) is 0 Å². The van der Waals surface area contributed by atoms with Crippen LogP contribution < -0.4 is 5.73 Å². The SMILES string of the molecule is NC1CCCCC1Cc1nc(-c2cccc(Cl)c2)no1. The quantitative estimate of drug-likeness (QED) is 0.940. The molecule has 1 aliphatic carbocycles. The summed E-state index contributed by atoms with van der Waals surface area (Å²) in [4.78, 5) is 4.46. The molecule has 1 fully saturated rings. The van der Waals surface area contributed by atoms with Crippen molar-refractivity contribution in [2.24, 2.45) is 11.7 Å². The predicted molar refractivity (Wildman–Crippen MR) is 78.4 cm³/mol. The summed E-state index contributed by atoms with van der Waals surface area (Å²) in [5.41, 5.74) is 7.03. The first kappa shape index (κ1) is 13.6. The molecule has 106 valence electrons. The van der Waals surface area contributed by atoms with Crippen LogP contribution in [-0.2, 0) is 6.42 Å². The van der Waals surface area contributed by atoms with Crippen LogP contribution in [0.2, 0.25) is 5.02 Å². The number of halogens is 1. The Bertz CT molecular complexity index is 584. The van der Waals surface area contributed by atoms with Crippen molar-refractivity contribution < 1.29 is 4.52 Å². The molecular weight excluding hydrogens is 274 g/mol. The maximum absolute atomic E-state index is 6.16. The van der Waals surface area contributed by atoms with Crippen molar-refractivity contribution in [2.75, 3.05) is 0 Å². The highest BCUT2D eigenvalue weighted by atomic mass is 35.5. The van der Waals surface area contributed by atoms with Crippen LogP contribution in [0, 0.1) is 5.92 Å². The lowest BCUT2D eigenvalue weighted by atomic mass is 9.83. The first-order valence-corrected chi connectivity index (χ1v) is 7.44. The van der Waals surface area contributed by atoms with E-state index < -0.39 is 0 Å². The summed E-state index contributed by atoms with van der Waals surface area (Å²) >= 11 is 5.97.